The van der Waals surface area contributed by atoms with Crippen LogP contribution in [-0.4, -0.2) is 5.60 Å². The van der Waals surface area contributed by atoms with E-state index in [0.717, 1.165) is 18.6 Å². The summed E-state index contributed by atoms with van der Waals surface area (Å²) in [5.41, 5.74) is 1.05. The lowest BCUT2D eigenvalue weighted by Crippen LogP contribution is -2.31. The van der Waals surface area contributed by atoms with Crippen LogP contribution in [0.2, 0.25) is 0 Å². The number of benzene rings is 1. The van der Waals surface area contributed by atoms with Gasteiger partial charge >= 0.3 is 0 Å². The van der Waals surface area contributed by atoms with Gasteiger partial charge in [-0.15, -0.1) is 0 Å². The largest absolute Gasteiger partial charge is 0.337 e. The van der Waals surface area contributed by atoms with E-state index in [1.54, 1.807) is 0 Å². The Kier molecular flexibility index (Phi) is 5.86. The maximum atomic E-state index is 5.71. The van der Waals surface area contributed by atoms with E-state index < -0.39 is 0 Å². The van der Waals surface area contributed by atoms with Crippen molar-refractivity contribution in [2.24, 2.45) is 5.92 Å². The van der Waals surface area contributed by atoms with Gasteiger partial charge < -0.3 is 4.89 Å². The molecule has 0 amide bonds. The molecule has 2 nitrogen and oxygen atoms in total. The van der Waals surface area contributed by atoms with Crippen molar-refractivity contribution in [3.63, 3.8) is 0 Å². The topological polar surface area (TPSA) is 18.5 Å². The zero-order valence-corrected chi connectivity index (χ0v) is 13.2. The van der Waals surface area contributed by atoms with E-state index in [0.29, 0.717) is 11.8 Å². The standard InChI is InChI=1S/C17H28O2/c1-7-17(6,12-13(2)3)19-18-16-10-8-9-15(11-16)14(4)5/h8-11,13-14H,7,12H2,1-6H3. The Morgan fingerprint density at radius 1 is 1.16 bits per heavy atom. The third-order valence-corrected chi connectivity index (χ3v) is 3.45. The molecule has 1 rings (SSSR count). The van der Waals surface area contributed by atoms with Crippen LogP contribution in [0.5, 0.6) is 5.75 Å². The fourth-order valence-corrected chi connectivity index (χ4v) is 2.18. The highest BCUT2D eigenvalue weighted by Gasteiger charge is 2.26. The molecule has 0 bridgehead atoms. The highest BCUT2D eigenvalue weighted by Crippen LogP contribution is 2.27. The Hall–Kier alpha value is -1.02. The lowest BCUT2D eigenvalue weighted by molar-refractivity contribution is -0.291. The summed E-state index contributed by atoms with van der Waals surface area (Å²) in [6, 6.07) is 8.12. The van der Waals surface area contributed by atoms with Crippen LogP contribution in [0.15, 0.2) is 24.3 Å². The zero-order valence-electron chi connectivity index (χ0n) is 13.2. The number of hydrogen-bond acceptors (Lipinski definition) is 2. The molecule has 0 spiro atoms. The second kappa shape index (κ2) is 6.95. The monoisotopic (exact) mass is 264 g/mol. The molecule has 2 heteroatoms. The zero-order chi connectivity index (χ0) is 14.5. The van der Waals surface area contributed by atoms with Crippen LogP contribution in [0, 0.1) is 5.92 Å². The van der Waals surface area contributed by atoms with Crippen molar-refractivity contribution in [2.45, 2.75) is 65.9 Å². The molecule has 0 aliphatic heterocycles. The maximum Gasteiger partial charge on any atom is 0.165 e. The molecule has 1 atom stereocenters. The molecule has 19 heavy (non-hydrogen) atoms. The van der Waals surface area contributed by atoms with Crippen LogP contribution in [0.25, 0.3) is 0 Å². The summed E-state index contributed by atoms with van der Waals surface area (Å²) in [4.78, 5) is 11.3. The van der Waals surface area contributed by atoms with Crippen molar-refractivity contribution < 1.29 is 9.78 Å². The molecule has 0 saturated heterocycles. The second-order valence-electron chi connectivity index (χ2n) is 6.30. The summed E-state index contributed by atoms with van der Waals surface area (Å²) < 4.78 is 0. The number of hydrogen-bond donors (Lipinski definition) is 0. The van der Waals surface area contributed by atoms with Gasteiger partial charge in [-0.2, -0.15) is 4.89 Å². The molecule has 1 unspecified atom stereocenters. The summed E-state index contributed by atoms with van der Waals surface area (Å²) in [5, 5.41) is 0. The van der Waals surface area contributed by atoms with Gasteiger partial charge in [0.05, 0.1) is 0 Å². The molecule has 0 heterocycles. The van der Waals surface area contributed by atoms with Gasteiger partial charge in [-0.25, -0.2) is 0 Å². The second-order valence-corrected chi connectivity index (χ2v) is 6.30. The van der Waals surface area contributed by atoms with Crippen molar-refractivity contribution in [1.82, 2.24) is 0 Å². The normalized spacial score (nSPS) is 14.7. The summed E-state index contributed by atoms with van der Waals surface area (Å²) in [7, 11) is 0. The fourth-order valence-electron chi connectivity index (χ4n) is 2.18. The third-order valence-electron chi connectivity index (χ3n) is 3.45. The summed E-state index contributed by atoms with van der Waals surface area (Å²) in [6.07, 6.45) is 1.93. The van der Waals surface area contributed by atoms with Gasteiger partial charge in [-0.1, -0.05) is 46.8 Å². The predicted octanol–water partition coefficient (Wildman–Crippen LogP) is 5.34. The van der Waals surface area contributed by atoms with E-state index in [4.69, 9.17) is 9.78 Å². The van der Waals surface area contributed by atoms with Gasteiger partial charge in [-0.05, 0) is 49.3 Å². The predicted molar refractivity (Wildman–Crippen MR) is 80.4 cm³/mol. The average molecular weight is 264 g/mol. The quantitative estimate of drug-likeness (QED) is 0.489. The van der Waals surface area contributed by atoms with Gasteiger partial charge in [0.2, 0.25) is 0 Å². The van der Waals surface area contributed by atoms with Gasteiger partial charge in [0.1, 0.15) is 5.60 Å². The van der Waals surface area contributed by atoms with E-state index in [2.05, 4.69) is 53.7 Å². The Balaban J connectivity index is 2.67. The Morgan fingerprint density at radius 2 is 1.84 bits per heavy atom. The maximum absolute atomic E-state index is 5.71. The van der Waals surface area contributed by atoms with Crippen molar-refractivity contribution >= 4 is 0 Å². The van der Waals surface area contributed by atoms with Gasteiger partial charge in [0.25, 0.3) is 0 Å². The Morgan fingerprint density at radius 3 is 2.37 bits per heavy atom. The van der Waals surface area contributed by atoms with E-state index >= 15 is 0 Å². The SMILES string of the molecule is CCC(C)(CC(C)C)OOc1cccc(C(C)C)c1. The minimum Gasteiger partial charge on any atom is -0.337 e. The molecule has 0 aromatic heterocycles. The minimum absolute atomic E-state index is 0.220. The lowest BCUT2D eigenvalue weighted by Gasteiger charge is -2.28. The van der Waals surface area contributed by atoms with Crippen molar-refractivity contribution in [3.8, 4) is 5.75 Å². The summed E-state index contributed by atoms with van der Waals surface area (Å²) in [5.74, 6) is 1.88. The van der Waals surface area contributed by atoms with Gasteiger partial charge in [0, 0.05) is 0 Å². The summed E-state index contributed by atoms with van der Waals surface area (Å²) >= 11 is 0. The van der Waals surface area contributed by atoms with E-state index in [-0.39, 0.29) is 5.60 Å². The summed E-state index contributed by atoms with van der Waals surface area (Å²) in [6.45, 7) is 13.0. The van der Waals surface area contributed by atoms with E-state index in [1.165, 1.54) is 5.56 Å². The van der Waals surface area contributed by atoms with Crippen molar-refractivity contribution in [2.75, 3.05) is 0 Å². The van der Waals surface area contributed by atoms with E-state index in [1.807, 2.05) is 12.1 Å². The molecule has 0 fully saturated rings. The lowest BCUT2D eigenvalue weighted by atomic mass is 9.92. The molecule has 0 saturated carbocycles. The minimum atomic E-state index is -0.220. The Bertz CT molecular complexity index is 385. The van der Waals surface area contributed by atoms with Crippen molar-refractivity contribution in [3.05, 3.63) is 29.8 Å². The Labute approximate surface area is 118 Å². The highest BCUT2D eigenvalue weighted by molar-refractivity contribution is 5.29. The molecule has 0 N–H and O–H groups in total. The van der Waals surface area contributed by atoms with Crippen LogP contribution in [0.3, 0.4) is 0 Å². The highest BCUT2D eigenvalue weighted by atomic mass is 17.2. The molecule has 108 valence electrons. The van der Waals surface area contributed by atoms with Crippen LogP contribution < -0.4 is 4.89 Å². The molecule has 1 aromatic rings. The molecule has 0 radical (unpaired) electrons. The first kappa shape index (κ1) is 16.0. The van der Waals surface area contributed by atoms with Gasteiger partial charge in [0.15, 0.2) is 5.75 Å². The van der Waals surface area contributed by atoms with Crippen LogP contribution >= 0.6 is 0 Å². The van der Waals surface area contributed by atoms with E-state index in [9.17, 15) is 0 Å². The fraction of sp³-hybridized carbons (Fsp3) is 0.647. The van der Waals surface area contributed by atoms with Crippen LogP contribution in [0.1, 0.15) is 65.9 Å². The molecule has 0 aliphatic carbocycles. The third kappa shape index (κ3) is 5.23. The molecule has 0 aliphatic rings. The molecular formula is C17H28O2. The van der Waals surface area contributed by atoms with Crippen LogP contribution in [-0.2, 0) is 4.89 Å². The first-order valence-corrected chi connectivity index (χ1v) is 7.32. The van der Waals surface area contributed by atoms with Crippen molar-refractivity contribution in [1.29, 1.82) is 0 Å². The van der Waals surface area contributed by atoms with Gasteiger partial charge in [-0.3, -0.25) is 0 Å². The molecule has 1 aromatic carbocycles. The first-order chi connectivity index (χ1) is 8.86. The molecular weight excluding hydrogens is 236 g/mol. The average Bonchev–Trinajstić information content (AvgIpc) is 2.36. The first-order valence-electron chi connectivity index (χ1n) is 7.32. The van der Waals surface area contributed by atoms with Crippen LogP contribution in [0.4, 0.5) is 0 Å². The number of rotatable bonds is 7. The smallest absolute Gasteiger partial charge is 0.165 e.